The third-order valence-corrected chi connectivity index (χ3v) is 5.76. The van der Waals surface area contributed by atoms with Crippen LogP contribution in [-0.2, 0) is 16.0 Å². The van der Waals surface area contributed by atoms with E-state index < -0.39 is 6.10 Å². The lowest BCUT2D eigenvalue weighted by atomic mass is 10.1. The van der Waals surface area contributed by atoms with E-state index in [-0.39, 0.29) is 11.8 Å². The molecule has 1 unspecified atom stereocenters. The average molecular weight is 459 g/mol. The molecule has 0 aliphatic carbocycles. The molecule has 1 heterocycles. The van der Waals surface area contributed by atoms with E-state index in [0.29, 0.717) is 37.4 Å². The molecule has 1 N–H and O–H groups in total. The number of rotatable bonds is 9. The van der Waals surface area contributed by atoms with Crippen LogP contribution in [0.4, 0.5) is 11.4 Å². The molecule has 4 rings (SSSR count). The van der Waals surface area contributed by atoms with E-state index in [1.807, 2.05) is 61.5 Å². The number of hydrogen-bond donors (Lipinski definition) is 1. The molecule has 1 aliphatic heterocycles. The van der Waals surface area contributed by atoms with Crippen molar-refractivity contribution in [3.63, 3.8) is 0 Å². The molecule has 0 aromatic heterocycles. The van der Waals surface area contributed by atoms with Crippen LogP contribution >= 0.6 is 0 Å². The van der Waals surface area contributed by atoms with Crippen molar-refractivity contribution < 1.29 is 19.1 Å². The normalized spacial score (nSPS) is 14.8. The fraction of sp³-hybridized carbons (Fsp3) is 0.286. The molecule has 0 radical (unpaired) electrons. The van der Waals surface area contributed by atoms with Crippen molar-refractivity contribution in [2.45, 2.75) is 39.2 Å². The highest BCUT2D eigenvalue weighted by Gasteiger charge is 2.31. The van der Waals surface area contributed by atoms with Crippen LogP contribution in [0.15, 0.2) is 72.8 Å². The molecule has 6 nitrogen and oxygen atoms in total. The van der Waals surface area contributed by atoms with Crippen molar-refractivity contribution in [1.29, 1.82) is 0 Å². The van der Waals surface area contributed by atoms with Gasteiger partial charge in [0, 0.05) is 24.7 Å². The van der Waals surface area contributed by atoms with E-state index in [2.05, 4.69) is 17.4 Å². The van der Waals surface area contributed by atoms with Crippen LogP contribution in [0, 0.1) is 6.92 Å². The summed E-state index contributed by atoms with van der Waals surface area (Å²) >= 11 is 0. The first-order valence-electron chi connectivity index (χ1n) is 11.6. The van der Waals surface area contributed by atoms with Crippen LogP contribution in [0.3, 0.4) is 0 Å². The summed E-state index contributed by atoms with van der Waals surface area (Å²) in [6, 6.07) is 23.4. The second-order valence-corrected chi connectivity index (χ2v) is 8.48. The molecule has 0 spiro atoms. The topological polar surface area (TPSA) is 67.9 Å². The lowest BCUT2D eigenvalue weighted by molar-refractivity contribution is -0.125. The Morgan fingerprint density at radius 2 is 1.82 bits per heavy atom. The highest BCUT2D eigenvalue weighted by molar-refractivity contribution is 6.00. The van der Waals surface area contributed by atoms with Crippen LogP contribution in [0.2, 0.25) is 0 Å². The molecule has 3 aromatic carbocycles. The Morgan fingerprint density at radius 1 is 1.06 bits per heavy atom. The molecule has 34 heavy (non-hydrogen) atoms. The maximum atomic E-state index is 12.8. The van der Waals surface area contributed by atoms with Gasteiger partial charge in [0.15, 0.2) is 6.10 Å². The van der Waals surface area contributed by atoms with Crippen LogP contribution < -0.4 is 19.7 Å². The van der Waals surface area contributed by atoms with Gasteiger partial charge in [-0.15, -0.1) is 0 Å². The number of aryl methyl sites for hydroxylation is 1. The summed E-state index contributed by atoms with van der Waals surface area (Å²) in [4.78, 5) is 26.9. The number of benzene rings is 3. The van der Waals surface area contributed by atoms with Gasteiger partial charge < -0.3 is 19.7 Å². The van der Waals surface area contributed by atoms with Gasteiger partial charge in [0.1, 0.15) is 11.5 Å². The predicted octanol–water partition coefficient (Wildman–Crippen LogP) is 5.15. The molecular weight excluding hydrogens is 428 g/mol. The molecule has 0 saturated carbocycles. The van der Waals surface area contributed by atoms with Crippen LogP contribution in [0.25, 0.3) is 0 Å². The van der Waals surface area contributed by atoms with Crippen molar-refractivity contribution in [1.82, 2.24) is 0 Å². The quantitative estimate of drug-likeness (QED) is 0.451. The second kappa shape index (κ2) is 10.9. The fourth-order valence-corrected chi connectivity index (χ4v) is 3.89. The molecule has 3 aromatic rings. The lowest BCUT2D eigenvalue weighted by Gasteiger charge is -2.33. The van der Waals surface area contributed by atoms with Crippen molar-refractivity contribution in [2.75, 3.05) is 23.4 Å². The fourth-order valence-electron chi connectivity index (χ4n) is 3.89. The number of anilines is 2. The summed E-state index contributed by atoms with van der Waals surface area (Å²) in [5.74, 6) is 1.25. The second-order valence-electron chi connectivity index (χ2n) is 8.48. The van der Waals surface area contributed by atoms with Gasteiger partial charge in [-0.05, 0) is 56.5 Å². The minimum Gasteiger partial charge on any atom is -0.494 e. The Morgan fingerprint density at radius 3 is 2.59 bits per heavy atom. The molecule has 176 valence electrons. The summed E-state index contributed by atoms with van der Waals surface area (Å²) in [6.45, 7) is 4.82. The zero-order valence-electron chi connectivity index (χ0n) is 19.6. The van der Waals surface area contributed by atoms with Gasteiger partial charge >= 0.3 is 0 Å². The first kappa shape index (κ1) is 23.4. The number of nitrogens with one attached hydrogen (secondary N) is 1. The molecule has 6 heteroatoms. The van der Waals surface area contributed by atoms with E-state index in [0.717, 1.165) is 17.9 Å². The molecule has 1 aliphatic rings. The van der Waals surface area contributed by atoms with Crippen LogP contribution in [-0.4, -0.2) is 31.1 Å². The summed E-state index contributed by atoms with van der Waals surface area (Å²) < 4.78 is 11.5. The summed E-state index contributed by atoms with van der Waals surface area (Å²) in [5, 5.41) is 2.92. The van der Waals surface area contributed by atoms with Gasteiger partial charge in [0.05, 0.1) is 12.3 Å². The number of fused-ring (bicyclic) bond motifs is 1. The van der Waals surface area contributed by atoms with Gasteiger partial charge in [0.2, 0.25) is 5.91 Å². The summed E-state index contributed by atoms with van der Waals surface area (Å²) in [5.41, 5.74) is 3.72. The Bertz CT molecular complexity index is 1130. The molecule has 0 bridgehead atoms. The Hall–Kier alpha value is -3.80. The van der Waals surface area contributed by atoms with Gasteiger partial charge in [0.25, 0.3) is 5.91 Å². The van der Waals surface area contributed by atoms with Gasteiger partial charge in [-0.1, -0.05) is 48.0 Å². The number of ether oxygens (including phenoxy) is 2. The highest BCUT2D eigenvalue weighted by atomic mass is 16.5. The molecule has 0 fully saturated rings. The number of carbonyl (C=O) groups excluding carboxylic acids is 2. The minimum absolute atomic E-state index is 0.0613. The number of nitrogens with zero attached hydrogens (tertiary/aromatic N) is 1. The predicted molar refractivity (Wildman–Crippen MR) is 134 cm³/mol. The zero-order chi connectivity index (χ0) is 23.9. The zero-order valence-corrected chi connectivity index (χ0v) is 19.6. The molecule has 1 atom stereocenters. The highest BCUT2D eigenvalue weighted by Crippen LogP contribution is 2.36. The summed E-state index contributed by atoms with van der Waals surface area (Å²) in [7, 11) is 0. The van der Waals surface area contributed by atoms with Crippen molar-refractivity contribution in [3.8, 4) is 11.5 Å². The van der Waals surface area contributed by atoms with E-state index in [1.165, 1.54) is 11.1 Å². The number of amides is 2. The minimum atomic E-state index is -0.576. The molecule has 0 saturated heterocycles. The van der Waals surface area contributed by atoms with Gasteiger partial charge in [-0.3, -0.25) is 9.59 Å². The smallest absolute Gasteiger partial charge is 0.267 e. The monoisotopic (exact) mass is 458 g/mol. The third-order valence-electron chi connectivity index (χ3n) is 5.76. The first-order valence-corrected chi connectivity index (χ1v) is 11.6. The maximum Gasteiger partial charge on any atom is 0.267 e. The van der Waals surface area contributed by atoms with Crippen molar-refractivity contribution in [2.24, 2.45) is 0 Å². The van der Waals surface area contributed by atoms with Crippen LogP contribution in [0.5, 0.6) is 11.5 Å². The van der Waals surface area contributed by atoms with E-state index in [1.54, 1.807) is 17.9 Å². The lowest BCUT2D eigenvalue weighted by Crippen LogP contribution is -2.45. The average Bonchev–Trinajstić information content (AvgIpc) is 2.84. The largest absolute Gasteiger partial charge is 0.494 e. The van der Waals surface area contributed by atoms with Crippen molar-refractivity contribution >= 4 is 23.2 Å². The first-order chi connectivity index (χ1) is 16.5. The molecular formula is C28H30N2O4. The van der Waals surface area contributed by atoms with E-state index in [9.17, 15) is 9.59 Å². The Labute approximate surface area is 200 Å². The van der Waals surface area contributed by atoms with E-state index in [4.69, 9.17) is 9.47 Å². The van der Waals surface area contributed by atoms with Gasteiger partial charge in [-0.25, -0.2) is 0 Å². The third kappa shape index (κ3) is 5.95. The maximum absolute atomic E-state index is 12.8. The molecule has 2 amide bonds. The van der Waals surface area contributed by atoms with E-state index >= 15 is 0 Å². The van der Waals surface area contributed by atoms with Crippen LogP contribution in [0.1, 0.15) is 30.9 Å². The SMILES string of the molecule is Cc1ccc(OCCCC(=O)Nc2ccc3c(c2)OC(C)C(=O)N3CCc2ccccc2)cc1. The van der Waals surface area contributed by atoms with Crippen molar-refractivity contribution in [3.05, 3.63) is 83.9 Å². The number of hydrogen-bond acceptors (Lipinski definition) is 4. The van der Waals surface area contributed by atoms with Gasteiger partial charge in [-0.2, -0.15) is 0 Å². The summed E-state index contributed by atoms with van der Waals surface area (Å²) in [6.07, 6.45) is 1.14. The Balaban J connectivity index is 1.32. The standard InChI is InChI=1S/C28H30N2O4/c1-20-10-13-24(14-11-20)33-18-6-9-27(31)29-23-12-15-25-26(19-23)34-21(2)28(32)30(25)17-16-22-7-4-3-5-8-22/h3-5,7-8,10-15,19,21H,6,9,16-18H2,1-2H3,(H,29,31). The Kier molecular flexibility index (Phi) is 7.48. The number of carbonyl (C=O) groups is 2.